The van der Waals surface area contributed by atoms with Gasteiger partial charge in [-0.05, 0) is 25.0 Å². The van der Waals surface area contributed by atoms with Crippen LogP contribution in [0.5, 0.6) is 0 Å². The number of nitrogens with one attached hydrogen (secondary N) is 1. The number of fused-ring (bicyclic) bond motifs is 1. The summed E-state index contributed by atoms with van der Waals surface area (Å²) in [5.41, 5.74) is 0.573. The minimum Gasteiger partial charge on any atom is -0.467 e. The molecule has 0 radical (unpaired) electrons. The van der Waals surface area contributed by atoms with Crippen molar-refractivity contribution < 1.29 is 23.9 Å². The van der Waals surface area contributed by atoms with Crippen molar-refractivity contribution in [1.29, 1.82) is 0 Å². The minimum atomic E-state index is -0.996. The van der Waals surface area contributed by atoms with Gasteiger partial charge in [-0.15, -0.1) is 0 Å². The van der Waals surface area contributed by atoms with E-state index in [2.05, 4.69) is 10.1 Å². The maximum atomic E-state index is 12.7. The molecule has 0 aromatic heterocycles. The summed E-state index contributed by atoms with van der Waals surface area (Å²) in [6.07, 6.45) is 0.581. The maximum Gasteiger partial charge on any atom is 0.328 e. The highest BCUT2D eigenvalue weighted by atomic mass is 16.5. The van der Waals surface area contributed by atoms with Crippen molar-refractivity contribution in [2.75, 3.05) is 7.11 Å². The van der Waals surface area contributed by atoms with E-state index in [0.29, 0.717) is 6.42 Å². The van der Waals surface area contributed by atoms with Crippen LogP contribution in [0.1, 0.15) is 47.9 Å². The molecule has 0 fully saturated rings. The molecule has 1 aromatic rings. The molecule has 1 aliphatic heterocycles. The van der Waals surface area contributed by atoms with E-state index < -0.39 is 35.8 Å². The van der Waals surface area contributed by atoms with Crippen molar-refractivity contribution in [3.8, 4) is 0 Å². The van der Waals surface area contributed by atoms with E-state index in [1.807, 2.05) is 6.92 Å². The van der Waals surface area contributed by atoms with Crippen molar-refractivity contribution >= 4 is 23.7 Å². The van der Waals surface area contributed by atoms with Gasteiger partial charge in [0.2, 0.25) is 5.91 Å². The Bertz CT molecular complexity index is 680. The third-order valence-electron chi connectivity index (χ3n) is 4.47. The Kier molecular flexibility index (Phi) is 5.56. The normalized spacial score (nSPS) is 16.9. The molecule has 0 saturated heterocycles. The largest absolute Gasteiger partial charge is 0.467 e. The molecular formula is C18H22N2O5. The van der Waals surface area contributed by atoms with Crippen LogP contribution < -0.4 is 5.32 Å². The Morgan fingerprint density at radius 2 is 1.64 bits per heavy atom. The summed E-state index contributed by atoms with van der Waals surface area (Å²) in [5, 5.41) is 2.53. The highest BCUT2D eigenvalue weighted by Gasteiger charge is 2.44. The molecule has 0 bridgehead atoms. The predicted molar refractivity (Wildman–Crippen MR) is 89.8 cm³/mol. The predicted octanol–water partition coefficient (Wildman–Crippen LogP) is 1.37. The lowest BCUT2D eigenvalue weighted by Crippen LogP contribution is -2.55. The lowest BCUT2D eigenvalue weighted by Gasteiger charge is -2.30. The van der Waals surface area contributed by atoms with Crippen LogP contribution in [0.2, 0.25) is 0 Å². The Morgan fingerprint density at radius 3 is 2.08 bits per heavy atom. The van der Waals surface area contributed by atoms with Gasteiger partial charge in [0.25, 0.3) is 11.8 Å². The highest BCUT2D eigenvalue weighted by molar-refractivity contribution is 6.22. The van der Waals surface area contributed by atoms with Crippen molar-refractivity contribution in [2.45, 2.75) is 39.3 Å². The molecule has 2 rings (SSSR count). The number of carbonyl (C=O) groups is 4. The maximum absolute atomic E-state index is 12.7. The Morgan fingerprint density at radius 1 is 1.12 bits per heavy atom. The molecule has 25 heavy (non-hydrogen) atoms. The third-order valence-corrected chi connectivity index (χ3v) is 4.47. The van der Waals surface area contributed by atoms with Crippen molar-refractivity contribution in [3.05, 3.63) is 35.4 Å². The number of benzene rings is 1. The molecule has 3 atom stereocenters. The van der Waals surface area contributed by atoms with Crippen molar-refractivity contribution in [1.82, 2.24) is 10.2 Å². The summed E-state index contributed by atoms with van der Waals surface area (Å²) in [5.74, 6) is -2.41. The number of carbonyl (C=O) groups excluding carboxylic acids is 4. The molecule has 0 unspecified atom stereocenters. The number of hydrogen-bond donors (Lipinski definition) is 1. The molecule has 7 nitrogen and oxygen atoms in total. The SMILES string of the molecule is CC[C@H](C)[C@H](C(=O)N[C@H](C)C(=O)OC)N1C(=O)c2ccccc2C1=O. The van der Waals surface area contributed by atoms with E-state index in [-0.39, 0.29) is 17.0 Å². The van der Waals surface area contributed by atoms with Crippen LogP contribution in [0.25, 0.3) is 0 Å². The average molecular weight is 346 g/mol. The smallest absolute Gasteiger partial charge is 0.328 e. The zero-order chi connectivity index (χ0) is 18.7. The molecule has 7 heteroatoms. The summed E-state index contributed by atoms with van der Waals surface area (Å²) in [6.45, 7) is 5.14. The van der Waals surface area contributed by atoms with E-state index in [0.717, 1.165) is 4.90 Å². The summed E-state index contributed by atoms with van der Waals surface area (Å²) >= 11 is 0. The van der Waals surface area contributed by atoms with Crippen molar-refractivity contribution in [2.24, 2.45) is 5.92 Å². The van der Waals surface area contributed by atoms with Gasteiger partial charge < -0.3 is 10.1 Å². The van der Waals surface area contributed by atoms with Crippen molar-refractivity contribution in [3.63, 3.8) is 0 Å². The number of ether oxygens (including phenoxy) is 1. The number of methoxy groups -OCH3 is 1. The lowest BCUT2D eigenvalue weighted by molar-refractivity contribution is -0.145. The molecule has 1 aliphatic rings. The van der Waals surface area contributed by atoms with Gasteiger partial charge in [0.15, 0.2) is 0 Å². The first-order valence-electron chi connectivity index (χ1n) is 8.18. The summed E-state index contributed by atoms with van der Waals surface area (Å²) in [7, 11) is 1.22. The van der Waals surface area contributed by atoms with Gasteiger partial charge in [0, 0.05) is 0 Å². The summed E-state index contributed by atoms with van der Waals surface area (Å²) < 4.78 is 4.60. The quantitative estimate of drug-likeness (QED) is 0.620. The molecule has 134 valence electrons. The van der Waals surface area contributed by atoms with Gasteiger partial charge in [-0.25, -0.2) is 4.79 Å². The fraction of sp³-hybridized carbons (Fsp3) is 0.444. The van der Waals surface area contributed by atoms with Crippen LogP contribution in [-0.4, -0.2) is 47.8 Å². The molecule has 3 amide bonds. The van der Waals surface area contributed by atoms with Crippen LogP contribution in [0.15, 0.2) is 24.3 Å². The Hall–Kier alpha value is -2.70. The fourth-order valence-electron chi connectivity index (χ4n) is 2.85. The number of esters is 1. The highest BCUT2D eigenvalue weighted by Crippen LogP contribution is 2.28. The topological polar surface area (TPSA) is 92.8 Å². The van der Waals surface area contributed by atoms with E-state index in [1.165, 1.54) is 14.0 Å². The number of amides is 3. The molecule has 0 spiro atoms. The Labute approximate surface area is 146 Å². The third kappa shape index (κ3) is 3.40. The second-order valence-corrected chi connectivity index (χ2v) is 6.11. The van der Waals surface area contributed by atoms with Crippen LogP contribution in [-0.2, 0) is 14.3 Å². The summed E-state index contributed by atoms with van der Waals surface area (Å²) in [6, 6.07) is 4.61. The molecular weight excluding hydrogens is 324 g/mol. The Balaban J connectivity index is 2.33. The second kappa shape index (κ2) is 7.46. The molecule has 1 N–H and O–H groups in total. The average Bonchev–Trinajstić information content (AvgIpc) is 2.86. The van der Waals surface area contributed by atoms with E-state index in [1.54, 1.807) is 31.2 Å². The first-order chi connectivity index (χ1) is 11.8. The molecule has 0 aliphatic carbocycles. The monoisotopic (exact) mass is 346 g/mol. The van der Waals surface area contributed by atoms with Crippen LogP contribution in [0.3, 0.4) is 0 Å². The summed E-state index contributed by atoms with van der Waals surface area (Å²) in [4.78, 5) is 50.7. The number of nitrogens with zero attached hydrogens (tertiary/aromatic N) is 1. The van der Waals surface area contributed by atoms with E-state index in [9.17, 15) is 19.2 Å². The van der Waals surface area contributed by atoms with Gasteiger partial charge >= 0.3 is 5.97 Å². The van der Waals surface area contributed by atoms with Gasteiger partial charge in [0.05, 0.1) is 18.2 Å². The zero-order valence-electron chi connectivity index (χ0n) is 14.7. The first kappa shape index (κ1) is 18.6. The number of rotatable bonds is 6. The van der Waals surface area contributed by atoms with Gasteiger partial charge in [-0.1, -0.05) is 32.4 Å². The van der Waals surface area contributed by atoms with E-state index >= 15 is 0 Å². The standard InChI is InChI=1S/C18H22N2O5/c1-5-10(2)14(15(21)19-11(3)18(24)25-4)20-16(22)12-8-6-7-9-13(12)17(20)23/h6-11,14H,5H2,1-4H3,(H,19,21)/t10-,11+,14+/m0/s1. The van der Waals surface area contributed by atoms with E-state index in [4.69, 9.17) is 0 Å². The number of hydrogen-bond acceptors (Lipinski definition) is 5. The zero-order valence-corrected chi connectivity index (χ0v) is 14.7. The fourth-order valence-corrected chi connectivity index (χ4v) is 2.85. The molecule has 1 heterocycles. The van der Waals surface area contributed by atoms with Gasteiger partial charge in [-0.3, -0.25) is 19.3 Å². The second-order valence-electron chi connectivity index (χ2n) is 6.11. The van der Waals surface area contributed by atoms with Crippen LogP contribution in [0.4, 0.5) is 0 Å². The lowest BCUT2D eigenvalue weighted by atomic mass is 9.96. The first-order valence-corrected chi connectivity index (χ1v) is 8.18. The molecule has 0 saturated carbocycles. The van der Waals surface area contributed by atoms with Crippen LogP contribution >= 0.6 is 0 Å². The van der Waals surface area contributed by atoms with Gasteiger partial charge in [0.1, 0.15) is 12.1 Å². The molecule has 1 aromatic carbocycles. The minimum absolute atomic E-state index is 0.271. The van der Waals surface area contributed by atoms with Crippen LogP contribution in [0, 0.1) is 5.92 Å². The van der Waals surface area contributed by atoms with Gasteiger partial charge in [-0.2, -0.15) is 0 Å². The number of imide groups is 1.